The summed E-state index contributed by atoms with van der Waals surface area (Å²) in [4.78, 5) is 30.3. The van der Waals surface area contributed by atoms with E-state index >= 15 is 0 Å². The molecule has 0 radical (unpaired) electrons. The third kappa shape index (κ3) is 2.87. The van der Waals surface area contributed by atoms with Crippen LogP contribution in [0.1, 0.15) is 21.0 Å². The van der Waals surface area contributed by atoms with Crippen LogP contribution in [0.15, 0.2) is 30.6 Å². The van der Waals surface area contributed by atoms with Gasteiger partial charge in [-0.05, 0) is 12.1 Å². The molecule has 0 aliphatic rings. The van der Waals surface area contributed by atoms with Gasteiger partial charge in [-0.25, -0.2) is 14.8 Å². The quantitative estimate of drug-likeness (QED) is 0.909. The number of nitrogens with one attached hydrogen (secondary N) is 1. The van der Waals surface area contributed by atoms with Crippen molar-refractivity contribution in [1.29, 1.82) is 0 Å². The molecular weight excluding hydrogens is 305 g/mol. The van der Waals surface area contributed by atoms with Gasteiger partial charge >= 0.3 is 5.97 Å². The molecule has 0 bridgehead atoms. The summed E-state index contributed by atoms with van der Waals surface area (Å²) in [5, 5.41) is 11.8. The van der Waals surface area contributed by atoms with Crippen molar-refractivity contribution in [3.8, 4) is 0 Å². The topological polar surface area (TPSA) is 92.2 Å². The summed E-state index contributed by atoms with van der Waals surface area (Å²) in [6.45, 7) is 0. The van der Waals surface area contributed by atoms with Crippen LogP contribution in [0.5, 0.6) is 0 Å². The van der Waals surface area contributed by atoms with Crippen LogP contribution in [0.25, 0.3) is 0 Å². The number of amides is 1. The number of rotatable bonds is 3. The second-order valence-corrected chi connectivity index (χ2v) is 4.40. The molecule has 0 atom stereocenters. The average Bonchev–Trinajstić information content (AvgIpc) is 2.43. The first-order valence-corrected chi connectivity index (χ1v) is 6.06. The summed E-state index contributed by atoms with van der Waals surface area (Å²) in [6.07, 6.45) is 2.41. The fraction of sp³-hybridized carbons (Fsp3) is 0. The van der Waals surface area contributed by atoms with E-state index in [4.69, 9.17) is 28.3 Å². The highest BCUT2D eigenvalue weighted by atomic mass is 35.5. The van der Waals surface area contributed by atoms with Crippen molar-refractivity contribution in [2.45, 2.75) is 0 Å². The number of carbonyl (C=O) groups excluding carboxylic acids is 1. The SMILES string of the molecule is O=C(O)c1nccnc1C(=O)Nc1cccc(Cl)c1Cl. The summed E-state index contributed by atoms with van der Waals surface area (Å²) in [5.74, 6) is -2.08. The second-order valence-electron chi connectivity index (χ2n) is 3.61. The van der Waals surface area contributed by atoms with E-state index in [-0.39, 0.29) is 21.4 Å². The molecule has 0 unspecified atom stereocenters. The lowest BCUT2D eigenvalue weighted by Gasteiger charge is -2.08. The maximum atomic E-state index is 12.0. The van der Waals surface area contributed by atoms with Gasteiger partial charge in [0.25, 0.3) is 5.91 Å². The summed E-state index contributed by atoms with van der Waals surface area (Å²) >= 11 is 11.7. The van der Waals surface area contributed by atoms with Gasteiger partial charge in [0.2, 0.25) is 0 Å². The number of hydrogen-bond donors (Lipinski definition) is 2. The molecule has 2 rings (SSSR count). The minimum absolute atomic E-state index is 0.156. The third-order valence-electron chi connectivity index (χ3n) is 2.32. The van der Waals surface area contributed by atoms with Crippen molar-refractivity contribution in [2.75, 3.05) is 5.32 Å². The molecule has 8 heteroatoms. The average molecular weight is 312 g/mol. The molecule has 1 aromatic carbocycles. The number of nitrogens with zero attached hydrogens (tertiary/aromatic N) is 2. The minimum Gasteiger partial charge on any atom is -0.476 e. The molecule has 0 spiro atoms. The lowest BCUT2D eigenvalue weighted by Crippen LogP contribution is -2.19. The van der Waals surface area contributed by atoms with Crippen LogP contribution in [0.3, 0.4) is 0 Å². The van der Waals surface area contributed by atoms with Crippen LogP contribution in [0, 0.1) is 0 Å². The Morgan fingerprint density at radius 2 is 1.75 bits per heavy atom. The van der Waals surface area contributed by atoms with E-state index < -0.39 is 17.6 Å². The summed E-state index contributed by atoms with van der Waals surface area (Å²) < 4.78 is 0. The van der Waals surface area contributed by atoms with E-state index in [1.807, 2.05) is 0 Å². The van der Waals surface area contributed by atoms with Crippen molar-refractivity contribution in [1.82, 2.24) is 9.97 Å². The molecule has 1 heterocycles. The van der Waals surface area contributed by atoms with Crippen molar-refractivity contribution in [3.63, 3.8) is 0 Å². The molecule has 0 aliphatic carbocycles. The fourth-order valence-electron chi connectivity index (χ4n) is 1.44. The number of carboxylic acid groups (broad SMARTS) is 1. The van der Waals surface area contributed by atoms with Gasteiger partial charge in [-0.15, -0.1) is 0 Å². The highest BCUT2D eigenvalue weighted by Gasteiger charge is 2.20. The van der Waals surface area contributed by atoms with Crippen LogP contribution < -0.4 is 5.32 Å². The molecule has 0 saturated carbocycles. The van der Waals surface area contributed by atoms with Gasteiger partial charge in [0.05, 0.1) is 15.7 Å². The Morgan fingerprint density at radius 3 is 2.40 bits per heavy atom. The normalized spacial score (nSPS) is 10.1. The highest BCUT2D eigenvalue weighted by Crippen LogP contribution is 2.29. The predicted octanol–water partition coefficient (Wildman–Crippen LogP) is 2.73. The van der Waals surface area contributed by atoms with E-state index in [1.54, 1.807) is 12.1 Å². The smallest absolute Gasteiger partial charge is 0.356 e. The number of carboxylic acids is 1. The molecule has 102 valence electrons. The minimum atomic E-state index is -1.35. The van der Waals surface area contributed by atoms with Gasteiger partial charge in [0, 0.05) is 12.4 Å². The Kier molecular flexibility index (Phi) is 4.16. The van der Waals surface area contributed by atoms with Gasteiger partial charge in [0.15, 0.2) is 11.4 Å². The fourth-order valence-corrected chi connectivity index (χ4v) is 1.79. The predicted molar refractivity (Wildman–Crippen MR) is 73.4 cm³/mol. The molecule has 2 aromatic rings. The van der Waals surface area contributed by atoms with Crippen molar-refractivity contribution >= 4 is 40.8 Å². The maximum absolute atomic E-state index is 12.0. The van der Waals surface area contributed by atoms with Crippen molar-refractivity contribution in [3.05, 3.63) is 52.0 Å². The van der Waals surface area contributed by atoms with Crippen LogP contribution in [-0.2, 0) is 0 Å². The first-order valence-electron chi connectivity index (χ1n) is 5.30. The number of halogens is 2. The third-order valence-corrected chi connectivity index (χ3v) is 3.13. The van der Waals surface area contributed by atoms with Crippen LogP contribution in [0.2, 0.25) is 10.0 Å². The zero-order valence-corrected chi connectivity index (χ0v) is 11.3. The molecule has 2 N–H and O–H groups in total. The van der Waals surface area contributed by atoms with E-state index in [9.17, 15) is 9.59 Å². The number of carbonyl (C=O) groups is 2. The number of anilines is 1. The van der Waals surface area contributed by atoms with E-state index in [2.05, 4.69) is 15.3 Å². The molecule has 0 saturated heterocycles. The van der Waals surface area contributed by atoms with Crippen molar-refractivity contribution < 1.29 is 14.7 Å². The summed E-state index contributed by atoms with van der Waals surface area (Å²) in [7, 11) is 0. The van der Waals surface area contributed by atoms with E-state index in [0.717, 1.165) is 0 Å². The molecule has 1 aromatic heterocycles. The number of benzene rings is 1. The first-order chi connectivity index (χ1) is 9.50. The molecule has 0 aliphatic heterocycles. The number of aromatic carboxylic acids is 1. The van der Waals surface area contributed by atoms with Crippen molar-refractivity contribution in [2.24, 2.45) is 0 Å². The highest BCUT2D eigenvalue weighted by molar-refractivity contribution is 6.44. The Balaban J connectivity index is 2.34. The van der Waals surface area contributed by atoms with Crippen LogP contribution in [-0.4, -0.2) is 27.0 Å². The molecule has 0 fully saturated rings. The Hall–Kier alpha value is -2.18. The first kappa shape index (κ1) is 14.2. The van der Waals surface area contributed by atoms with Crippen LogP contribution in [0.4, 0.5) is 5.69 Å². The maximum Gasteiger partial charge on any atom is 0.356 e. The lowest BCUT2D eigenvalue weighted by atomic mass is 10.2. The summed E-state index contributed by atoms with van der Waals surface area (Å²) in [6, 6.07) is 4.69. The van der Waals surface area contributed by atoms with Gasteiger partial charge in [0.1, 0.15) is 0 Å². The molecule has 20 heavy (non-hydrogen) atoms. The van der Waals surface area contributed by atoms with Gasteiger partial charge in [-0.3, -0.25) is 4.79 Å². The molecule has 1 amide bonds. The Labute approximate surface area is 123 Å². The number of hydrogen-bond acceptors (Lipinski definition) is 4. The van der Waals surface area contributed by atoms with Crippen LogP contribution >= 0.6 is 23.2 Å². The molecular formula is C12H7Cl2N3O3. The zero-order chi connectivity index (χ0) is 14.7. The lowest BCUT2D eigenvalue weighted by molar-refractivity contribution is 0.0685. The zero-order valence-electron chi connectivity index (χ0n) is 9.80. The van der Waals surface area contributed by atoms with E-state index in [1.165, 1.54) is 18.5 Å². The largest absolute Gasteiger partial charge is 0.476 e. The summed E-state index contributed by atoms with van der Waals surface area (Å²) in [5.41, 5.74) is -0.495. The standard InChI is InChI=1S/C12H7Cl2N3O3/c13-6-2-1-3-7(8(6)14)17-11(18)9-10(12(19)20)16-5-4-15-9/h1-5H,(H,17,18)(H,19,20). The monoisotopic (exact) mass is 311 g/mol. The van der Waals surface area contributed by atoms with Gasteiger partial charge < -0.3 is 10.4 Å². The molecule has 6 nitrogen and oxygen atoms in total. The Bertz CT molecular complexity index is 691. The van der Waals surface area contributed by atoms with E-state index in [0.29, 0.717) is 0 Å². The van der Waals surface area contributed by atoms with Gasteiger partial charge in [-0.1, -0.05) is 29.3 Å². The second kappa shape index (κ2) is 5.85. The van der Waals surface area contributed by atoms with Gasteiger partial charge in [-0.2, -0.15) is 0 Å². The Morgan fingerprint density at radius 1 is 1.10 bits per heavy atom. The number of aromatic nitrogens is 2.